The molecular formula is C74H55N5. The summed E-state index contributed by atoms with van der Waals surface area (Å²) in [7, 11) is 0. The highest BCUT2D eigenvalue weighted by atomic mass is 15.3. The maximum atomic E-state index is 5.47. The van der Waals surface area contributed by atoms with Crippen molar-refractivity contribution >= 4 is 34.1 Å². The molecule has 0 amide bonds. The van der Waals surface area contributed by atoms with Gasteiger partial charge in [0.25, 0.3) is 0 Å². The van der Waals surface area contributed by atoms with E-state index in [1.165, 1.54) is 71.0 Å². The molecule has 376 valence electrons. The lowest BCUT2D eigenvalue weighted by Gasteiger charge is -2.65. The zero-order valence-electron chi connectivity index (χ0n) is 43.8. The molecule has 5 nitrogen and oxygen atoms in total. The first-order valence-electron chi connectivity index (χ1n) is 28.4. The van der Waals surface area contributed by atoms with E-state index < -0.39 is 5.41 Å². The SMILES string of the molecule is c1ccc(-c2nc(-c3ccc(-c4ccc(N5c6ccccc6N(c6ccccc6)c6ccccc65)cc4)cc3)nc(-c3ccc4c(c3)C3(c5ccccc5C45c4ccccc4-c4ccccc45)C4CC5CC(C4)CC3C5)n2)cc1. The van der Waals surface area contributed by atoms with Gasteiger partial charge in [0.2, 0.25) is 0 Å². The normalized spacial score (nSPS) is 21.0. The summed E-state index contributed by atoms with van der Waals surface area (Å²) >= 11 is 0. The first-order valence-corrected chi connectivity index (χ1v) is 28.4. The van der Waals surface area contributed by atoms with Crippen LogP contribution in [0.4, 0.5) is 34.1 Å². The maximum absolute atomic E-state index is 5.47. The van der Waals surface area contributed by atoms with Crippen molar-refractivity contribution in [1.82, 2.24) is 15.0 Å². The molecule has 4 saturated carbocycles. The third-order valence-electron chi connectivity index (χ3n) is 19.3. The smallest absolute Gasteiger partial charge is 0.164 e. The van der Waals surface area contributed by atoms with E-state index >= 15 is 0 Å². The van der Waals surface area contributed by atoms with Crippen molar-refractivity contribution in [1.29, 1.82) is 0 Å². The molecule has 0 radical (unpaired) electrons. The largest absolute Gasteiger partial charge is 0.306 e. The monoisotopic (exact) mass is 1010 g/mol. The van der Waals surface area contributed by atoms with Gasteiger partial charge in [-0.05, 0) is 166 Å². The summed E-state index contributed by atoms with van der Waals surface area (Å²) in [5.41, 5.74) is 22.9. The van der Waals surface area contributed by atoms with Crippen LogP contribution < -0.4 is 9.80 Å². The Kier molecular flexibility index (Phi) is 9.75. The predicted molar refractivity (Wildman–Crippen MR) is 320 cm³/mol. The highest BCUT2D eigenvalue weighted by molar-refractivity contribution is 6.01. The average Bonchev–Trinajstić information content (AvgIpc) is 2.66. The molecule has 4 bridgehead atoms. The third-order valence-corrected chi connectivity index (χ3v) is 19.3. The molecule has 11 aromatic rings. The molecule has 6 aliphatic carbocycles. The number of benzene rings is 10. The number of anilines is 6. The van der Waals surface area contributed by atoms with Crippen LogP contribution in [0.25, 0.3) is 56.4 Å². The fourth-order valence-corrected chi connectivity index (χ4v) is 16.5. The molecule has 5 heteroatoms. The molecule has 79 heavy (non-hydrogen) atoms. The van der Waals surface area contributed by atoms with Gasteiger partial charge in [-0.3, -0.25) is 0 Å². The van der Waals surface area contributed by atoms with Crippen molar-refractivity contribution in [2.75, 3.05) is 9.80 Å². The molecular weight excluding hydrogens is 959 g/mol. The fourth-order valence-electron chi connectivity index (χ4n) is 16.5. The van der Waals surface area contributed by atoms with Crippen LogP contribution in [0.1, 0.15) is 65.5 Å². The number of rotatable bonds is 6. The van der Waals surface area contributed by atoms with Gasteiger partial charge in [-0.15, -0.1) is 0 Å². The predicted octanol–water partition coefficient (Wildman–Crippen LogP) is 18.2. The van der Waals surface area contributed by atoms with Crippen molar-refractivity contribution in [3.8, 4) is 56.4 Å². The van der Waals surface area contributed by atoms with Crippen LogP contribution in [0, 0.1) is 23.7 Å². The van der Waals surface area contributed by atoms with Crippen molar-refractivity contribution < 1.29 is 0 Å². The molecule has 4 fully saturated rings. The number of hydrogen-bond acceptors (Lipinski definition) is 5. The Morgan fingerprint density at radius 1 is 0.291 bits per heavy atom. The van der Waals surface area contributed by atoms with Gasteiger partial charge in [0.05, 0.1) is 28.2 Å². The second kappa shape index (κ2) is 17.2. The molecule has 0 N–H and O–H groups in total. The molecule has 2 spiro atoms. The standard InChI is InChI=1S/C74H55N5/c1-3-17-51(18-4-1)70-75-71(52-33-31-49(32-34-52)50-35-38-57(39-36-50)79-68-29-15-13-27-66(68)78(56-19-5-2-6-20-56)67-28-14-16-30-69(67)79)77-72(76-70)53-37-40-64-65(46-53)73(54-42-47-41-48(44-54)45-55(73)43-47)62-25-11-12-26-63(62)74(64)60-23-9-7-21-58(60)59-22-8-10-24-61(59)74/h1-40,46-48,54-55H,41-45H2. The number of nitrogens with zero attached hydrogens (tertiary/aromatic N) is 5. The zero-order chi connectivity index (χ0) is 51.8. The number of fused-ring (bicyclic) bond motifs is 11. The lowest BCUT2D eigenvalue weighted by atomic mass is 9.38. The van der Waals surface area contributed by atoms with Gasteiger partial charge < -0.3 is 9.80 Å². The van der Waals surface area contributed by atoms with Crippen molar-refractivity contribution in [2.24, 2.45) is 23.7 Å². The topological polar surface area (TPSA) is 45.2 Å². The van der Waals surface area contributed by atoms with Gasteiger partial charge in [-0.1, -0.05) is 194 Å². The first kappa shape index (κ1) is 44.9. The van der Waals surface area contributed by atoms with E-state index in [2.05, 4.69) is 259 Å². The van der Waals surface area contributed by atoms with Gasteiger partial charge in [-0.2, -0.15) is 0 Å². The minimum absolute atomic E-state index is 0.106. The molecule has 0 atom stereocenters. The van der Waals surface area contributed by atoms with E-state index in [9.17, 15) is 0 Å². The highest BCUT2D eigenvalue weighted by Gasteiger charge is 2.64. The Morgan fingerprint density at radius 2 is 0.671 bits per heavy atom. The highest BCUT2D eigenvalue weighted by Crippen LogP contribution is 2.71. The van der Waals surface area contributed by atoms with E-state index in [1.54, 1.807) is 5.56 Å². The summed E-state index contributed by atoms with van der Waals surface area (Å²) in [6, 6.07) is 91.8. The van der Waals surface area contributed by atoms with Gasteiger partial charge in [-0.25, -0.2) is 15.0 Å². The minimum atomic E-state index is -0.450. The van der Waals surface area contributed by atoms with Crippen LogP contribution in [-0.4, -0.2) is 15.0 Å². The molecule has 1 aromatic heterocycles. The summed E-state index contributed by atoms with van der Waals surface area (Å²) in [5, 5.41) is 0. The minimum Gasteiger partial charge on any atom is -0.306 e. The Bertz CT molecular complexity index is 4100. The van der Waals surface area contributed by atoms with Crippen LogP contribution in [0.5, 0.6) is 0 Å². The second-order valence-corrected chi connectivity index (χ2v) is 23.1. The van der Waals surface area contributed by atoms with Crippen LogP contribution in [0.2, 0.25) is 0 Å². The van der Waals surface area contributed by atoms with Crippen molar-refractivity contribution in [3.63, 3.8) is 0 Å². The fraction of sp³-hybridized carbons (Fsp3) is 0.149. The van der Waals surface area contributed by atoms with Gasteiger partial charge >= 0.3 is 0 Å². The molecule has 0 unspecified atom stereocenters. The van der Waals surface area contributed by atoms with Crippen LogP contribution >= 0.6 is 0 Å². The maximum Gasteiger partial charge on any atom is 0.164 e. The number of aromatic nitrogens is 3. The van der Waals surface area contributed by atoms with Gasteiger partial charge in [0, 0.05) is 33.5 Å². The van der Waals surface area contributed by atoms with Crippen LogP contribution in [0.15, 0.2) is 249 Å². The Labute approximate surface area is 461 Å². The van der Waals surface area contributed by atoms with E-state index in [-0.39, 0.29) is 5.41 Å². The van der Waals surface area contributed by atoms with E-state index in [1.807, 2.05) is 0 Å². The summed E-state index contributed by atoms with van der Waals surface area (Å²) < 4.78 is 0. The molecule has 2 heterocycles. The molecule has 7 aliphatic rings. The third kappa shape index (κ3) is 6.42. The lowest BCUT2D eigenvalue weighted by molar-refractivity contribution is -0.0440. The summed E-state index contributed by atoms with van der Waals surface area (Å²) in [6.45, 7) is 0. The van der Waals surface area contributed by atoms with Gasteiger partial charge in [0.1, 0.15) is 0 Å². The first-order chi connectivity index (χ1) is 39.1. The zero-order valence-corrected chi connectivity index (χ0v) is 43.8. The van der Waals surface area contributed by atoms with Crippen LogP contribution in [0.3, 0.4) is 0 Å². The molecule has 0 saturated heterocycles. The Balaban J connectivity index is 0.778. The number of hydrogen-bond donors (Lipinski definition) is 0. The summed E-state index contributed by atoms with van der Waals surface area (Å²) in [6.07, 6.45) is 6.61. The van der Waals surface area contributed by atoms with Crippen molar-refractivity contribution in [2.45, 2.75) is 42.9 Å². The Hall–Kier alpha value is -9.19. The quantitative estimate of drug-likeness (QED) is 0.166. The Morgan fingerprint density at radius 3 is 1.22 bits per heavy atom. The number of para-hydroxylation sites is 5. The second-order valence-electron chi connectivity index (χ2n) is 23.1. The van der Waals surface area contributed by atoms with Gasteiger partial charge in [0.15, 0.2) is 17.5 Å². The van der Waals surface area contributed by atoms with E-state index in [0.717, 1.165) is 73.8 Å². The summed E-state index contributed by atoms with van der Waals surface area (Å²) in [4.78, 5) is 20.9. The van der Waals surface area contributed by atoms with E-state index in [4.69, 9.17) is 15.0 Å². The van der Waals surface area contributed by atoms with Crippen molar-refractivity contribution in [3.05, 3.63) is 282 Å². The molecule has 18 rings (SSSR count). The van der Waals surface area contributed by atoms with Crippen LogP contribution in [-0.2, 0) is 10.8 Å². The lowest BCUT2D eigenvalue weighted by Crippen LogP contribution is -2.59. The van der Waals surface area contributed by atoms with E-state index in [0.29, 0.717) is 29.3 Å². The molecule has 10 aromatic carbocycles. The molecule has 1 aliphatic heterocycles. The summed E-state index contributed by atoms with van der Waals surface area (Å²) in [5.74, 6) is 4.86. The average molecular weight is 1010 g/mol.